The van der Waals surface area contributed by atoms with Gasteiger partial charge in [-0.2, -0.15) is 0 Å². The average molecular weight is 285 g/mol. The van der Waals surface area contributed by atoms with Crippen LogP contribution in [0.1, 0.15) is 10.4 Å². The summed E-state index contributed by atoms with van der Waals surface area (Å²) < 4.78 is 5.15. The first-order valence-electron chi connectivity index (χ1n) is 5.74. The maximum absolute atomic E-state index is 12.0. The van der Waals surface area contributed by atoms with Crippen molar-refractivity contribution in [2.24, 2.45) is 0 Å². The van der Waals surface area contributed by atoms with Crippen LogP contribution in [0.5, 0.6) is 0 Å². The van der Waals surface area contributed by atoms with Crippen molar-refractivity contribution in [1.82, 2.24) is 4.90 Å². The number of carboxylic acids is 1. The predicted molar refractivity (Wildman–Crippen MR) is 69.8 cm³/mol. The number of anilines is 1. The van der Waals surface area contributed by atoms with Gasteiger partial charge >= 0.3 is 12.0 Å². The van der Waals surface area contributed by atoms with Gasteiger partial charge in [-0.15, -0.1) is 0 Å². The number of benzene rings is 1. The van der Waals surface area contributed by atoms with E-state index in [9.17, 15) is 9.59 Å². The largest absolute Gasteiger partial charge is 0.478 e. The van der Waals surface area contributed by atoms with Gasteiger partial charge in [0.1, 0.15) is 0 Å². The van der Waals surface area contributed by atoms with Gasteiger partial charge in [0.15, 0.2) is 0 Å². The SMILES string of the molecule is O=C(O)c1ccc(Cl)c(NC(=O)N2CCOCC2)c1. The van der Waals surface area contributed by atoms with Gasteiger partial charge < -0.3 is 20.1 Å². The number of morpholine rings is 1. The summed E-state index contributed by atoms with van der Waals surface area (Å²) in [5.74, 6) is -1.07. The molecule has 1 aromatic rings. The third-order valence-electron chi connectivity index (χ3n) is 2.75. The molecule has 1 aliphatic rings. The smallest absolute Gasteiger partial charge is 0.335 e. The second-order valence-electron chi connectivity index (χ2n) is 4.03. The van der Waals surface area contributed by atoms with Gasteiger partial charge in [0.05, 0.1) is 29.5 Å². The minimum absolute atomic E-state index is 0.0710. The van der Waals surface area contributed by atoms with Crippen molar-refractivity contribution in [2.45, 2.75) is 0 Å². The predicted octanol–water partition coefficient (Wildman–Crippen LogP) is 1.90. The molecule has 0 saturated carbocycles. The first kappa shape index (κ1) is 13.6. The van der Waals surface area contributed by atoms with Gasteiger partial charge in [-0.1, -0.05) is 11.6 Å². The minimum Gasteiger partial charge on any atom is -0.478 e. The molecular weight excluding hydrogens is 272 g/mol. The van der Waals surface area contributed by atoms with Crippen molar-refractivity contribution in [3.05, 3.63) is 28.8 Å². The number of ether oxygens (including phenoxy) is 1. The highest BCUT2D eigenvalue weighted by atomic mass is 35.5. The molecular formula is C12H13ClN2O4. The van der Waals surface area contributed by atoms with Gasteiger partial charge in [0.2, 0.25) is 0 Å². The molecule has 0 atom stereocenters. The molecule has 0 radical (unpaired) electrons. The summed E-state index contributed by atoms with van der Waals surface area (Å²) in [5.41, 5.74) is 0.361. The Morgan fingerprint density at radius 1 is 1.32 bits per heavy atom. The third kappa shape index (κ3) is 3.36. The van der Waals surface area contributed by atoms with Crippen LogP contribution in [-0.2, 0) is 4.74 Å². The first-order chi connectivity index (χ1) is 9.08. The Bertz CT molecular complexity index is 501. The zero-order chi connectivity index (χ0) is 13.8. The van der Waals surface area contributed by atoms with Gasteiger partial charge in [0, 0.05) is 13.1 Å². The van der Waals surface area contributed by atoms with E-state index in [0.29, 0.717) is 31.3 Å². The lowest BCUT2D eigenvalue weighted by atomic mass is 10.2. The van der Waals surface area contributed by atoms with E-state index in [2.05, 4.69) is 5.32 Å². The fourth-order valence-corrected chi connectivity index (χ4v) is 1.88. The number of urea groups is 1. The van der Waals surface area contributed by atoms with Crippen LogP contribution in [0.25, 0.3) is 0 Å². The molecule has 0 bridgehead atoms. The van der Waals surface area contributed by atoms with E-state index in [1.165, 1.54) is 18.2 Å². The lowest BCUT2D eigenvalue weighted by Crippen LogP contribution is -2.43. The highest BCUT2D eigenvalue weighted by molar-refractivity contribution is 6.33. The molecule has 2 N–H and O–H groups in total. The molecule has 0 unspecified atom stereocenters. The standard InChI is InChI=1S/C12H13ClN2O4/c13-9-2-1-8(11(16)17)7-10(9)14-12(18)15-3-5-19-6-4-15/h1-2,7H,3-6H2,(H,14,18)(H,16,17). The second kappa shape index (κ2) is 5.90. The van der Waals surface area contributed by atoms with Gasteiger partial charge in [-0.25, -0.2) is 9.59 Å². The Hall–Kier alpha value is -1.79. The molecule has 0 spiro atoms. The zero-order valence-electron chi connectivity index (χ0n) is 10.1. The van der Waals surface area contributed by atoms with Crippen LogP contribution in [0.4, 0.5) is 10.5 Å². The van der Waals surface area contributed by atoms with Crippen molar-refractivity contribution >= 4 is 29.3 Å². The number of rotatable bonds is 2. The normalized spacial score (nSPS) is 15.1. The fourth-order valence-electron chi connectivity index (χ4n) is 1.71. The number of amides is 2. The summed E-state index contributed by atoms with van der Waals surface area (Å²) in [5, 5.41) is 11.8. The monoisotopic (exact) mass is 284 g/mol. The summed E-state index contributed by atoms with van der Waals surface area (Å²) in [6, 6.07) is 3.85. The summed E-state index contributed by atoms with van der Waals surface area (Å²) in [7, 11) is 0. The number of halogens is 1. The minimum atomic E-state index is -1.07. The molecule has 2 rings (SSSR count). The number of carbonyl (C=O) groups excluding carboxylic acids is 1. The molecule has 6 nitrogen and oxygen atoms in total. The van der Waals surface area contributed by atoms with Crippen LogP contribution < -0.4 is 5.32 Å². The van der Waals surface area contributed by atoms with E-state index in [1.54, 1.807) is 4.90 Å². The fraction of sp³-hybridized carbons (Fsp3) is 0.333. The average Bonchev–Trinajstić information content (AvgIpc) is 2.42. The first-order valence-corrected chi connectivity index (χ1v) is 6.12. The molecule has 7 heteroatoms. The molecule has 1 fully saturated rings. The van der Waals surface area contributed by atoms with Gasteiger partial charge in [0.25, 0.3) is 0 Å². The van der Waals surface area contributed by atoms with Crippen molar-refractivity contribution in [2.75, 3.05) is 31.6 Å². The summed E-state index contributed by atoms with van der Waals surface area (Å²) in [6.45, 7) is 2.00. The van der Waals surface area contributed by atoms with Gasteiger partial charge in [-0.05, 0) is 18.2 Å². The van der Waals surface area contributed by atoms with Crippen LogP contribution in [-0.4, -0.2) is 48.3 Å². The molecule has 0 aromatic heterocycles. The maximum Gasteiger partial charge on any atom is 0.335 e. The molecule has 1 aromatic carbocycles. The molecule has 1 saturated heterocycles. The number of hydrogen-bond acceptors (Lipinski definition) is 3. The van der Waals surface area contributed by atoms with Gasteiger partial charge in [-0.3, -0.25) is 0 Å². The molecule has 0 aliphatic carbocycles. The van der Waals surface area contributed by atoms with E-state index < -0.39 is 5.97 Å². The van der Waals surface area contributed by atoms with Crippen molar-refractivity contribution in [3.63, 3.8) is 0 Å². The summed E-state index contributed by atoms with van der Waals surface area (Å²) >= 11 is 5.93. The summed E-state index contributed by atoms with van der Waals surface area (Å²) in [6.07, 6.45) is 0. The van der Waals surface area contributed by atoms with E-state index in [1.807, 2.05) is 0 Å². The van der Waals surface area contributed by atoms with Crippen molar-refractivity contribution in [1.29, 1.82) is 0 Å². The highest BCUT2D eigenvalue weighted by Gasteiger charge is 2.18. The van der Waals surface area contributed by atoms with Crippen molar-refractivity contribution in [3.8, 4) is 0 Å². The number of carboxylic acid groups (broad SMARTS) is 1. The number of carbonyl (C=O) groups is 2. The topological polar surface area (TPSA) is 78.9 Å². The van der Waals surface area contributed by atoms with E-state index in [0.717, 1.165) is 0 Å². The lowest BCUT2D eigenvalue weighted by Gasteiger charge is -2.27. The zero-order valence-corrected chi connectivity index (χ0v) is 10.8. The third-order valence-corrected chi connectivity index (χ3v) is 3.08. The Labute approximate surface area is 114 Å². The highest BCUT2D eigenvalue weighted by Crippen LogP contribution is 2.23. The Balaban J connectivity index is 2.11. The Kier molecular flexibility index (Phi) is 4.24. The molecule has 102 valence electrons. The van der Waals surface area contributed by atoms with E-state index in [4.69, 9.17) is 21.4 Å². The van der Waals surface area contributed by atoms with Crippen LogP contribution in [0.3, 0.4) is 0 Å². The molecule has 2 amide bonds. The van der Waals surface area contributed by atoms with Crippen LogP contribution >= 0.6 is 11.6 Å². The van der Waals surface area contributed by atoms with Crippen LogP contribution in [0, 0.1) is 0 Å². The van der Waals surface area contributed by atoms with Crippen molar-refractivity contribution < 1.29 is 19.4 Å². The van der Waals surface area contributed by atoms with Crippen LogP contribution in [0.2, 0.25) is 5.02 Å². The molecule has 1 heterocycles. The molecule has 19 heavy (non-hydrogen) atoms. The number of nitrogens with zero attached hydrogens (tertiary/aromatic N) is 1. The Morgan fingerprint density at radius 2 is 2.00 bits per heavy atom. The Morgan fingerprint density at radius 3 is 2.63 bits per heavy atom. The maximum atomic E-state index is 12.0. The summed E-state index contributed by atoms with van der Waals surface area (Å²) in [4.78, 5) is 24.4. The van der Waals surface area contributed by atoms with Crippen LogP contribution in [0.15, 0.2) is 18.2 Å². The molecule has 1 aliphatic heterocycles. The van der Waals surface area contributed by atoms with E-state index in [-0.39, 0.29) is 17.3 Å². The second-order valence-corrected chi connectivity index (χ2v) is 4.44. The lowest BCUT2D eigenvalue weighted by molar-refractivity contribution is 0.0564. The number of aromatic carboxylic acids is 1. The quantitative estimate of drug-likeness (QED) is 0.869. The number of hydrogen-bond donors (Lipinski definition) is 2. The number of nitrogens with one attached hydrogen (secondary N) is 1. The van der Waals surface area contributed by atoms with E-state index >= 15 is 0 Å².